The average molecular weight is 396 g/mol. The number of aryl methyl sites for hydroxylation is 1. The van der Waals surface area contributed by atoms with Gasteiger partial charge >= 0.3 is 0 Å². The van der Waals surface area contributed by atoms with Gasteiger partial charge < -0.3 is 4.57 Å². The molecule has 6 nitrogen and oxygen atoms in total. The summed E-state index contributed by atoms with van der Waals surface area (Å²) in [6.07, 6.45) is 6.32. The van der Waals surface area contributed by atoms with Gasteiger partial charge in [0.2, 0.25) is 5.16 Å². The van der Waals surface area contributed by atoms with E-state index in [1.165, 1.54) is 49.6 Å². The van der Waals surface area contributed by atoms with Crippen LogP contribution in [0.2, 0.25) is 0 Å². The number of aromatic nitrogens is 5. The Balaban J connectivity index is 1.49. The van der Waals surface area contributed by atoms with E-state index in [1.807, 2.05) is 36.4 Å². The maximum Gasteiger partial charge on any atom is 0.214 e. The Kier molecular flexibility index (Phi) is 5.62. The Hall–Kier alpha value is -2.41. The Morgan fingerprint density at radius 1 is 1.14 bits per heavy atom. The van der Waals surface area contributed by atoms with Gasteiger partial charge in [-0.1, -0.05) is 49.2 Å². The van der Waals surface area contributed by atoms with Crippen LogP contribution in [0.3, 0.4) is 0 Å². The number of rotatable bonds is 6. The second kappa shape index (κ2) is 8.31. The van der Waals surface area contributed by atoms with E-state index in [4.69, 9.17) is 0 Å². The second-order valence-electron chi connectivity index (χ2n) is 7.37. The lowest BCUT2D eigenvalue weighted by Crippen LogP contribution is -2.16. The minimum Gasteiger partial charge on any atom is -0.345 e. The van der Waals surface area contributed by atoms with Crippen molar-refractivity contribution in [1.29, 1.82) is 0 Å². The van der Waals surface area contributed by atoms with Gasteiger partial charge in [0, 0.05) is 23.0 Å². The number of nitrogens with zero attached hydrogens (tertiary/aromatic N) is 5. The first-order valence-corrected chi connectivity index (χ1v) is 10.8. The van der Waals surface area contributed by atoms with Crippen molar-refractivity contribution in [3.8, 4) is 5.69 Å². The second-order valence-corrected chi connectivity index (χ2v) is 8.31. The van der Waals surface area contributed by atoms with Gasteiger partial charge in [-0.3, -0.25) is 4.79 Å². The van der Waals surface area contributed by atoms with E-state index in [0.717, 1.165) is 16.9 Å². The van der Waals surface area contributed by atoms with Crippen LogP contribution < -0.4 is 0 Å². The van der Waals surface area contributed by atoms with Crippen LogP contribution in [0.5, 0.6) is 0 Å². The van der Waals surface area contributed by atoms with E-state index < -0.39 is 0 Å². The highest BCUT2D eigenvalue weighted by molar-refractivity contribution is 7.99. The van der Waals surface area contributed by atoms with Crippen molar-refractivity contribution in [2.75, 3.05) is 5.75 Å². The number of tetrazole rings is 1. The topological polar surface area (TPSA) is 65.6 Å². The molecule has 0 bridgehead atoms. The first kappa shape index (κ1) is 18.9. The van der Waals surface area contributed by atoms with Gasteiger partial charge in [-0.15, -0.1) is 5.10 Å². The molecule has 0 amide bonds. The van der Waals surface area contributed by atoms with E-state index in [-0.39, 0.29) is 5.78 Å². The Morgan fingerprint density at radius 2 is 1.89 bits per heavy atom. The third-order valence-electron chi connectivity index (χ3n) is 5.50. The largest absolute Gasteiger partial charge is 0.345 e. The van der Waals surface area contributed by atoms with Gasteiger partial charge in [-0.05, 0) is 55.3 Å². The zero-order chi connectivity index (χ0) is 19.5. The molecule has 28 heavy (non-hydrogen) atoms. The first-order valence-electron chi connectivity index (χ1n) is 9.83. The summed E-state index contributed by atoms with van der Waals surface area (Å²) < 4.78 is 4.05. The fourth-order valence-electron chi connectivity index (χ4n) is 4.17. The third kappa shape index (κ3) is 3.76. The molecular weight excluding hydrogens is 370 g/mol. The molecule has 0 radical (unpaired) electrons. The molecule has 1 aliphatic rings. The number of thioether (sulfide) groups is 1. The number of benzene rings is 1. The van der Waals surface area contributed by atoms with Gasteiger partial charge in [0.1, 0.15) is 0 Å². The quantitative estimate of drug-likeness (QED) is 0.452. The molecule has 1 fully saturated rings. The molecule has 0 N–H and O–H groups in total. The third-order valence-corrected chi connectivity index (χ3v) is 6.42. The molecule has 0 spiro atoms. The summed E-state index contributed by atoms with van der Waals surface area (Å²) >= 11 is 1.38. The smallest absolute Gasteiger partial charge is 0.214 e. The lowest BCUT2D eigenvalue weighted by Gasteiger charge is -2.26. The van der Waals surface area contributed by atoms with Crippen molar-refractivity contribution in [2.45, 2.75) is 57.1 Å². The van der Waals surface area contributed by atoms with Crippen molar-refractivity contribution >= 4 is 17.5 Å². The molecule has 0 unspecified atom stereocenters. The molecule has 4 rings (SSSR count). The Labute approximate surface area is 169 Å². The van der Waals surface area contributed by atoms with Crippen molar-refractivity contribution < 1.29 is 4.79 Å². The summed E-state index contributed by atoms with van der Waals surface area (Å²) in [6.45, 7) is 4.19. The fourth-order valence-corrected chi connectivity index (χ4v) is 4.94. The lowest BCUT2D eigenvalue weighted by molar-refractivity contribution is 0.102. The normalized spacial score (nSPS) is 15.1. The maximum absolute atomic E-state index is 12.9. The van der Waals surface area contributed by atoms with Crippen LogP contribution in [-0.4, -0.2) is 36.3 Å². The number of para-hydroxylation sites is 1. The standard InChI is InChI=1S/C21H25N5OS/c1-15-13-19(16(2)25(15)17-9-5-3-6-10-17)20(27)14-28-21-22-23-24-26(21)18-11-7-4-8-12-18/h4,7-8,11-13,17H,3,5-6,9-10,14H2,1-2H3. The molecule has 0 aliphatic heterocycles. The molecule has 7 heteroatoms. The van der Waals surface area contributed by atoms with Gasteiger partial charge in [0.15, 0.2) is 5.78 Å². The van der Waals surface area contributed by atoms with Crippen LogP contribution in [0.1, 0.15) is 59.9 Å². The van der Waals surface area contributed by atoms with Crippen molar-refractivity contribution in [3.05, 3.63) is 53.3 Å². The summed E-state index contributed by atoms with van der Waals surface area (Å²) in [7, 11) is 0. The minimum absolute atomic E-state index is 0.128. The SMILES string of the molecule is Cc1cc(C(=O)CSc2nnnn2-c2ccccc2)c(C)n1C1CCCCC1. The van der Waals surface area contributed by atoms with Crippen LogP contribution in [0, 0.1) is 13.8 Å². The summed E-state index contributed by atoms with van der Waals surface area (Å²) in [5.74, 6) is 0.449. The van der Waals surface area contributed by atoms with Gasteiger partial charge in [-0.25, -0.2) is 0 Å². The number of ketones is 1. The molecule has 1 aromatic carbocycles. The van der Waals surface area contributed by atoms with Crippen LogP contribution in [-0.2, 0) is 0 Å². The molecule has 1 saturated carbocycles. The van der Waals surface area contributed by atoms with E-state index in [1.54, 1.807) is 4.68 Å². The highest BCUT2D eigenvalue weighted by atomic mass is 32.2. The summed E-state index contributed by atoms with van der Waals surface area (Å²) in [5, 5.41) is 12.5. The van der Waals surface area contributed by atoms with E-state index in [0.29, 0.717) is 17.0 Å². The molecule has 2 heterocycles. The van der Waals surface area contributed by atoms with Gasteiger partial charge in [0.25, 0.3) is 0 Å². The zero-order valence-corrected chi connectivity index (χ0v) is 17.2. The number of carbonyl (C=O) groups excluding carboxylic acids is 1. The van der Waals surface area contributed by atoms with Crippen LogP contribution >= 0.6 is 11.8 Å². The van der Waals surface area contributed by atoms with Crippen molar-refractivity contribution in [3.63, 3.8) is 0 Å². The molecule has 1 aliphatic carbocycles. The summed E-state index contributed by atoms with van der Waals surface area (Å²) in [6, 6.07) is 12.3. The predicted molar refractivity (Wildman–Crippen MR) is 110 cm³/mol. The van der Waals surface area contributed by atoms with E-state index in [2.05, 4.69) is 33.9 Å². The van der Waals surface area contributed by atoms with E-state index >= 15 is 0 Å². The predicted octanol–water partition coefficient (Wildman–Crippen LogP) is 4.56. The van der Waals surface area contributed by atoms with Crippen molar-refractivity contribution in [2.24, 2.45) is 0 Å². The van der Waals surface area contributed by atoms with Crippen molar-refractivity contribution in [1.82, 2.24) is 24.8 Å². The van der Waals surface area contributed by atoms with Crippen LogP contribution in [0.4, 0.5) is 0 Å². The van der Waals surface area contributed by atoms with Crippen LogP contribution in [0.25, 0.3) is 5.69 Å². The molecule has 3 aromatic rings. The summed E-state index contributed by atoms with van der Waals surface area (Å²) in [4.78, 5) is 12.9. The van der Waals surface area contributed by atoms with Gasteiger partial charge in [-0.2, -0.15) is 4.68 Å². The minimum atomic E-state index is 0.128. The zero-order valence-electron chi connectivity index (χ0n) is 16.3. The highest BCUT2D eigenvalue weighted by Crippen LogP contribution is 2.32. The molecule has 146 valence electrons. The molecule has 2 aromatic heterocycles. The first-order chi connectivity index (χ1) is 13.6. The van der Waals surface area contributed by atoms with Crippen LogP contribution in [0.15, 0.2) is 41.6 Å². The fraction of sp³-hybridized carbons (Fsp3) is 0.429. The molecule has 0 saturated heterocycles. The van der Waals surface area contributed by atoms with E-state index in [9.17, 15) is 4.79 Å². The lowest BCUT2D eigenvalue weighted by atomic mass is 9.95. The molecular formula is C21H25N5OS. The number of carbonyl (C=O) groups is 1. The Morgan fingerprint density at radius 3 is 2.64 bits per heavy atom. The van der Waals surface area contributed by atoms with Gasteiger partial charge in [0.05, 0.1) is 11.4 Å². The maximum atomic E-state index is 12.9. The highest BCUT2D eigenvalue weighted by Gasteiger charge is 2.23. The number of hydrogen-bond acceptors (Lipinski definition) is 5. The average Bonchev–Trinajstić information content (AvgIpc) is 3.31. The summed E-state index contributed by atoms with van der Waals surface area (Å²) in [5.41, 5.74) is 4.00. The number of Topliss-reactive ketones (excluding diaryl/α,β-unsaturated/α-hetero) is 1. The monoisotopic (exact) mass is 395 g/mol. The molecule has 0 atom stereocenters. The Bertz CT molecular complexity index is 957. The number of hydrogen-bond donors (Lipinski definition) is 0.